The topological polar surface area (TPSA) is 145 Å². The highest BCUT2D eigenvalue weighted by atomic mass is 16.4. The largest absolute Gasteiger partial charge is 0.480 e. The number of aliphatic hydroxyl groups is 2. The molecule has 1 unspecified atom stereocenters. The van der Waals surface area contributed by atoms with Gasteiger partial charge in [0.05, 0.1) is 19.3 Å². The number of nitrogens with one attached hydrogen (secondary N) is 2. The smallest absolute Gasteiger partial charge is 0.322 e. The molecule has 1 atom stereocenters. The van der Waals surface area contributed by atoms with Crippen LogP contribution in [-0.4, -0.2) is 59.2 Å². The van der Waals surface area contributed by atoms with Gasteiger partial charge in [-0.2, -0.15) is 0 Å². The number of carbonyl (C=O) groups is 2. The molecule has 0 aromatic heterocycles. The zero-order valence-electron chi connectivity index (χ0n) is 8.01. The molecule has 8 heteroatoms. The molecule has 2 amide bonds. The van der Waals surface area contributed by atoms with Crippen molar-refractivity contribution < 1.29 is 24.9 Å². The number of amides is 2. The first kappa shape index (κ1) is 13.6. The maximum Gasteiger partial charge on any atom is 0.322 e. The average molecular weight is 221 g/mol. The molecule has 0 saturated carbocycles. The molecule has 0 aromatic rings. The number of carboxylic acid groups (broad SMARTS) is 1. The van der Waals surface area contributed by atoms with E-state index in [0.717, 1.165) is 0 Å². The lowest BCUT2D eigenvalue weighted by atomic mass is 10.3. The first-order valence-electron chi connectivity index (χ1n) is 4.25. The number of hydrogen-bond acceptors (Lipinski definition) is 5. The summed E-state index contributed by atoms with van der Waals surface area (Å²) >= 11 is 0. The Balaban J connectivity index is 3.79. The Labute approximate surface area is 86.1 Å². The molecule has 0 fully saturated rings. The number of carboxylic acids is 1. The number of aliphatic hydroxyl groups excluding tert-OH is 2. The van der Waals surface area contributed by atoms with Crippen molar-refractivity contribution in [2.75, 3.05) is 19.8 Å². The van der Waals surface area contributed by atoms with Gasteiger partial charge in [-0.05, 0) is 0 Å². The Hall–Kier alpha value is -1.38. The summed E-state index contributed by atoms with van der Waals surface area (Å²) in [5, 5.41) is 30.0. The fourth-order valence-corrected chi connectivity index (χ4v) is 0.675. The van der Waals surface area contributed by atoms with E-state index in [9.17, 15) is 9.59 Å². The Morgan fingerprint density at radius 1 is 1.27 bits per heavy atom. The summed E-state index contributed by atoms with van der Waals surface area (Å²) in [6.45, 7) is -1.05. The third-order valence-corrected chi connectivity index (χ3v) is 1.58. The number of urea groups is 1. The van der Waals surface area contributed by atoms with E-state index in [2.05, 4.69) is 10.6 Å². The highest BCUT2D eigenvalue weighted by Gasteiger charge is 2.14. The van der Waals surface area contributed by atoms with Gasteiger partial charge in [-0.25, -0.2) is 4.79 Å². The summed E-state index contributed by atoms with van der Waals surface area (Å²) < 4.78 is 0. The second-order valence-corrected chi connectivity index (χ2v) is 2.86. The third kappa shape index (κ3) is 5.83. The van der Waals surface area contributed by atoms with E-state index < -0.39 is 37.3 Å². The van der Waals surface area contributed by atoms with Crippen molar-refractivity contribution in [3.8, 4) is 0 Å². The number of aliphatic carboxylic acids is 1. The minimum Gasteiger partial charge on any atom is -0.480 e. The molecule has 0 radical (unpaired) electrons. The van der Waals surface area contributed by atoms with Gasteiger partial charge in [0, 0.05) is 6.54 Å². The summed E-state index contributed by atoms with van der Waals surface area (Å²) in [6, 6.07) is -2.65. The Morgan fingerprint density at radius 2 is 1.80 bits per heavy atom. The van der Waals surface area contributed by atoms with Crippen molar-refractivity contribution in [3.05, 3.63) is 0 Å². The van der Waals surface area contributed by atoms with Crippen LogP contribution in [0.5, 0.6) is 0 Å². The predicted molar refractivity (Wildman–Crippen MR) is 50.1 cm³/mol. The van der Waals surface area contributed by atoms with E-state index in [4.69, 9.17) is 21.1 Å². The fraction of sp³-hybridized carbons (Fsp3) is 0.714. The van der Waals surface area contributed by atoms with Crippen LogP contribution in [-0.2, 0) is 4.79 Å². The second-order valence-electron chi connectivity index (χ2n) is 2.86. The number of rotatable bonds is 6. The van der Waals surface area contributed by atoms with Gasteiger partial charge in [0.1, 0.15) is 6.04 Å². The van der Waals surface area contributed by atoms with Crippen molar-refractivity contribution in [3.63, 3.8) is 0 Å². The molecule has 15 heavy (non-hydrogen) atoms. The van der Waals surface area contributed by atoms with E-state index in [1.165, 1.54) is 0 Å². The molecule has 0 aliphatic carbocycles. The minimum atomic E-state index is -1.23. The lowest BCUT2D eigenvalue weighted by Gasteiger charge is -2.14. The van der Waals surface area contributed by atoms with Crippen molar-refractivity contribution in [2.24, 2.45) is 5.73 Å². The van der Waals surface area contributed by atoms with Gasteiger partial charge in [-0.1, -0.05) is 0 Å². The normalized spacial score (nSPS) is 12.3. The lowest BCUT2D eigenvalue weighted by molar-refractivity contribution is -0.138. The molecular formula is C7H15N3O5. The molecule has 0 bridgehead atoms. The molecule has 0 aliphatic rings. The first-order valence-corrected chi connectivity index (χ1v) is 4.25. The zero-order valence-corrected chi connectivity index (χ0v) is 8.01. The number of nitrogens with two attached hydrogens (primary N) is 1. The quantitative estimate of drug-likeness (QED) is 0.283. The zero-order chi connectivity index (χ0) is 11.8. The van der Waals surface area contributed by atoms with Crippen LogP contribution >= 0.6 is 0 Å². The summed E-state index contributed by atoms with van der Waals surface area (Å²) in [7, 11) is 0. The van der Waals surface area contributed by atoms with Crippen molar-refractivity contribution in [1.29, 1.82) is 0 Å². The Bertz CT molecular complexity index is 219. The van der Waals surface area contributed by atoms with Crippen LogP contribution in [0.3, 0.4) is 0 Å². The summed E-state index contributed by atoms with van der Waals surface area (Å²) in [4.78, 5) is 21.3. The van der Waals surface area contributed by atoms with Crippen molar-refractivity contribution in [2.45, 2.75) is 12.1 Å². The van der Waals surface area contributed by atoms with Crippen LogP contribution < -0.4 is 16.4 Å². The number of carbonyl (C=O) groups excluding carboxylic acids is 1. The van der Waals surface area contributed by atoms with Crippen LogP contribution in [0.25, 0.3) is 0 Å². The van der Waals surface area contributed by atoms with Gasteiger partial charge in [-0.15, -0.1) is 0 Å². The predicted octanol–water partition coefficient (Wildman–Crippen LogP) is -2.95. The van der Waals surface area contributed by atoms with Gasteiger partial charge >= 0.3 is 12.0 Å². The highest BCUT2D eigenvalue weighted by Crippen LogP contribution is 1.80. The van der Waals surface area contributed by atoms with Gasteiger partial charge in [0.15, 0.2) is 0 Å². The van der Waals surface area contributed by atoms with Crippen LogP contribution in [0, 0.1) is 0 Å². The Morgan fingerprint density at radius 3 is 2.20 bits per heavy atom. The highest BCUT2D eigenvalue weighted by molar-refractivity contribution is 5.77. The maximum absolute atomic E-state index is 11.0. The van der Waals surface area contributed by atoms with Crippen molar-refractivity contribution in [1.82, 2.24) is 10.6 Å². The van der Waals surface area contributed by atoms with E-state index in [0.29, 0.717) is 0 Å². The van der Waals surface area contributed by atoms with Crippen LogP contribution in [0.15, 0.2) is 0 Å². The molecule has 0 saturated heterocycles. The van der Waals surface area contributed by atoms with Gasteiger partial charge in [0.25, 0.3) is 0 Å². The Kier molecular flexibility index (Phi) is 6.34. The molecule has 88 valence electrons. The third-order valence-electron chi connectivity index (χ3n) is 1.58. The van der Waals surface area contributed by atoms with Gasteiger partial charge in [-0.3, -0.25) is 4.79 Å². The lowest BCUT2D eigenvalue weighted by Crippen LogP contribution is -2.50. The first-order chi connectivity index (χ1) is 7.01. The van der Waals surface area contributed by atoms with Crippen LogP contribution in [0.4, 0.5) is 4.79 Å². The number of hydrogen-bond donors (Lipinski definition) is 6. The maximum atomic E-state index is 11.0. The summed E-state index contributed by atoms with van der Waals surface area (Å²) in [6.07, 6.45) is 0. The summed E-state index contributed by atoms with van der Waals surface area (Å²) in [5.74, 6) is -1.23. The average Bonchev–Trinajstić information content (AvgIpc) is 2.22. The molecular weight excluding hydrogens is 206 g/mol. The standard InChI is InChI=1S/C7H15N3O5/c8-5(6(13)14)1-9-7(15)10-4(2-11)3-12/h4-5,11-12H,1-3,8H2,(H,13,14)(H2,9,10,15). The fourth-order valence-electron chi connectivity index (χ4n) is 0.675. The molecule has 0 spiro atoms. The molecule has 0 aromatic carbocycles. The summed E-state index contributed by atoms with van der Waals surface area (Å²) in [5.41, 5.74) is 5.12. The van der Waals surface area contributed by atoms with Crippen LogP contribution in [0.1, 0.15) is 0 Å². The molecule has 8 nitrogen and oxygen atoms in total. The minimum absolute atomic E-state index is 0.231. The molecule has 0 rings (SSSR count). The molecule has 7 N–H and O–H groups in total. The van der Waals surface area contributed by atoms with E-state index >= 15 is 0 Å². The van der Waals surface area contributed by atoms with Gasteiger partial charge in [0.2, 0.25) is 0 Å². The van der Waals surface area contributed by atoms with Crippen molar-refractivity contribution >= 4 is 12.0 Å². The van der Waals surface area contributed by atoms with Gasteiger partial charge < -0.3 is 31.7 Å². The second kappa shape index (κ2) is 6.98. The van der Waals surface area contributed by atoms with E-state index in [1.807, 2.05) is 0 Å². The van der Waals surface area contributed by atoms with Crippen LogP contribution in [0.2, 0.25) is 0 Å². The SMILES string of the molecule is NC(CNC(=O)NC(CO)CO)C(=O)O. The molecule has 0 aliphatic heterocycles. The van der Waals surface area contributed by atoms with E-state index in [-0.39, 0.29) is 6.54 Å². The van der Waals surface area contributed by atoms with E-state index in [1.54, 1.807) is 0 Å². The monoisotopic (exact) mass is 221 g/mol. The molecule has 0 heterocycles.